The number of carbonyl (C=O) groups excluding carboxylic acids is 3. The molecule has 0 bridgehead atoms. The van der Waals surface area contributed by atoms with Crippen LogP contribution < -0.4 is 10.6 Å². The summed E-state index contributed by atoms with van der Waals surface area (Å²) >= 11 is 1.54. The number of hydrogen-bond donors (Lipinski definition) is 2. The molecule has 0 aliphatic carbocycles. The van der Waals surface area contributed by atoms with E-state index in [0.717, 1.165) is 16.9 Å². The van der Waals surface area contributed by atoms with Crippen LogP contribution in [0.15, 0.2) is 24.3 Å². The molecule has 7 nitrogen and oxygen atoms in total. The zero-order valence-corrected chi connectivity index (χ0v) is 21.5. The van der Waals surface area contributed by atoms with Crippen molar-refractivity contribution in [1.82, 2.24) is 15.5 Å². The minimum absolute atomic E-state index is 0.142. The number of nitrogens with one attached hydrogen (secondary N) is 2. The fraction of sp³-hybridized carbons (Fsp3) is 0.560. The molecular weight excluding hydrogens is 438 g/mol. The van der Waals surface area contributed by atoms with Gasteiger partial charge in [0.05, 0.1) is 0 Å². The molecule has 0 radical (unpaired) electrons. The highest BCUT2D eigenvalue weighted by molar-refractivity contribution is 7.98. The number of amides is 3. The van der Waals surface area contributed by atoms with Gasteiger partial charge in [0.2, 0.25) is 5.91 Å². The van der Waals surface area contributed by atoms with Crippen LogP contribution in [-0.4, -0.2) is 52.5 Å². The van der Waals surface area contributed by atoms with Crippen LogP contribution in [-0.2, 0) is 20.7 Å². The molecule has 2 atom stereocenters. The Morgan fingerprint density at radius 1 is 1.15 bits per heavy atom. The maximum Gasteiger partial charge on any atom is 0.408 e. The average Bonchev–Trinajstić information content (AvgIpc) is 2.72. The van der Waals surface area contributed by atoms with E-state index < -0.39 is 29.7 Å². The highest BCUT2D eigenvalue weighted by Gasteiger charge is 2.35. The molecule has 2 unspecified atom stereocenters. The Labute approximate surface area is 202 Å². The Balaban J connectivity index is 3.32. The summed E-state index contributed by atoms with van der Waals surface area (Å²) < 4.78 is 5.32. The van der Waals surface area contributed by atoms with E-state index in [1.54, 1.807) is 32.9 Å². The number of carbonyl (C=O) groups is 3. The van der Waals surface area contributed by atoms with Crippen molar-refractivity contribution < 1.29 is 19.1 Å². The number of alkyl carbamates (subject to hydrolysis) is 1. The number of terminal acetylenes is 1. The predicted octanol–water partition coefficient (Wildman–Crippen LogP) is 3.88. The molecule has 0 saturated carbocycles. The second kappa shape index (κ2) is 13.1. The predicted molar refractivity (Wildman–Crippen MR) is 134 cm³/mol. The molecule has 0 aliphatic rings. The van der Waals surface area contributed by atoms with Crippen LogP contribution in [0.5, 0.6) is 0 Å². The first-order valence-electron chi connectivity index (χ1n) is 11.1. The lowest BCUT2D eigenvalue weighted by Gasteiger charge is -2.31. The van der Waals surface area contributed by atoms with Gasteiger partial charge in [0.25, 0.3) is 5.91 Å². The van der Waals surface area contributed by atoms with E-state index in [9.17, 15) is 14.4 Å². The lowest BCUT2D eigenvalue weighted by Crippen LogP contribution is -2.52. The Morgan fingerprint density at radius 3 is 2.21 bits per heavy atom. The molecule has 0 spiro atoms. The van der Waals surface area contributed by atoms with Crippen LogP contribution in [0.3, 0.4) is 0 Å². The maximum absolute atomic E-state index is 13.5. The van der Waals surface area contributed by atoms with E-state index in [4.69, 9.17) is 11.2 Å². The zero-order valence-electron chi connectivity index (χ0n) is 20.7. The molecule has 1 aromatic rings. The van der Waals surface area contributed by atoms with Crippen LogP contribution in [0, 0.1) is 12.5 Å². The number of thioether (sulfide) groups is 1. The number of hydrogen-bond acceptors (Lipinski definition) is 5. The third-order valence-electron chi connectivity index (χ3n) is 4.62. The van der Waals surface area contributed by atoms with Crippen molar-refractivity contribution in [3.8, 4) is 12.5 Å². The normalized spacial score (nSPS) is 12.9. The summed E-state index contributed by atoms with van der Waals surface area (Å²) in [4.78, 5) is 40.1. The lowest BCUT2D eigenvalue weighted by atomic mass is 10.0. The summed E-state index contributed by atoms with van der Waals surface area (Å²) in [5.74, 6) is -0.319. The van der Waals surface area contributed by atoms with Crippen LogP contribution in [0.1, 0.15) is 65.1 Å². The standard InChI is InChI=1S/C25H37N3O4S/c1-9-18-11-13-19(14-12-18)21(22(29)26-17(3)4)28(10-2)23(30)20(15-16-33-8)27-24(31)32-25(5,6)7/h2,11-14,17,20-21H,9,15-16H2,1,3-8H3,(H,26,29)(H,27,31). The van der Waals surface area contributed by atoms with Gasteiger partial charge in [-0.05, 0) is 70.6 Å². The fourth-order valence-corrected chi connectivity index (χ4v) is 3.56. The van der Waals surface area contributed by atoms with Crippen molar-refractivity contribution in [3.05, 3.63) is 35.4 Å². The molecule has 2 N–H and O–H groups in total. The average molecular weight is 476 g/mol. The minimum Gasteiger partial charge on any atom is -0.444 e. The van der Waals surface area contributed by atoms with Gasteiger partial charge >= 0.3 is 6.09 Å². The topological polar surface area (TPSA) is 87.7 Å². The summed E-state index contributed by atoms with van der Waals surface area (Å²) in [5.41, 5.74) is 0.978. The van der Waals surface area contributed by atoms with Gasteiger partial charge in [0, 0.05) is 12.1 Å². The van der Waals surface area contributed by atoms with E-state index >= 15 is 0 Å². The molecule has 1 rings (SSSR count). The smallest absolute Gasteiger partial charge is 0.408 e. The number of nitrogens with zero attached hydrogens (tertiary/aromatic N) is 1. The van der Waals surface area contributed by atoms with E-state index in [1.807, 2.05) is 39.2 Å². The highest BCUT2D eigenvalue weighted by Crippen LogP contribution is 2.24. The number of benzene rings is 1. The maximum atomic E-state index is 13.5. The van der Waals surface area contributed by atoms with Crippen molar-refractivity contribution in [2.24, 2.45) is 0 Å². The quantitative estimate of drug-likeness (QED) is 0.396. The molecule has 182 valence electrons. The molecule has 0 heterocycles. The van der Waals surface area contributed by atoms with E-state index in [-0.39, 0.29) is 11.9 Å². The van der Waals surface area contributed by atoms with Gasteiger partial charge in [-0.3, -0.25) is 14.5 Å². The van der Waals surface area contributed by atoms with Crippen LogP contribution in [0.2, 0.25) is 0 Å². The zero-order chi connectivity index (χ0) is 25.2. The molecule has 0 aliphatic heterocycles. The molecule has 0 fully saturated rings. The van der Waals surface area contributed by atoms with Gasteiger partial charge in [-0.15, -0.1) is 0 Å². The summed E-state index contributed by atoms with van der Waals surface area (Å²) in [6, 6.07) is 7.70. The molecule has 0 saturated heterocycles. The van der Waals surface area contributed by atoms with Gasteiger partial charge in [0.15, 0.2) is 0 Å². The number of rotatable bonds is 10. The first-order valence-corrected chi connectivity index (χ1v) is 12.5. The van der Waals surface area contributed by atoms with Crippen molar-refractivity contribution in [2.45, 2.75) is 78.1 Å². The minimum atomic E-state index is -1.03. The second-order valence-corrected chi connectivity index (χ2v) is 9.96. The Kier molecular flexibility index (Phi) is 11.3. The Hall–Kier alpha value is -2.66. The summed E-state index contributed by atoms with van der Waals surface area (Å²) in [6.45, 7) is 10.9. The molecule has 3 amide bonds. The van der Waals surface area contributed by atoms with E-state index in [2.05, 4.69) is 16.7 Å². The van der Waals surface area contributed by atoms with Gasteiger partial charge in [-0.25, -0.2) is 4.79 Å². The first kappa shape index (κ1) is 28.4. The SMILES string of the molecule is C#CN(C(=O)C(CCSC)NC(=O)OC(C)(C)C)C(C(=O)NC(C)C)c1ccc(CC)cc1. The summed E-state index contributed by atoms with van der Waals surface area (Å²) in [5, 5.41) is 5.48. The van der Waals surface area contributed by atoms with Crippen LogP contribution >= 0.6 is 11.8 Å². The molecule has 1 aromatic carbocycles. The summed E-state index contributed by atoms with van der Waals surface area (Å²) in [6.07, 6.45) is 8.14. The van der Waals surface area contributed by atoms with E-state index in [1.165, 1.54) is 11.8 Å². The van der Waals surface area contributed by atoms with Gasteiger partial charge in [-0.1, -0.05) is 37.6 Å². The third-order valence-corrected chi connectivity index (χ3v) is 5.26. The molecule has 33 heavy (non-hydrogen) atoms. The Bertz CT molecular complexity index is 841. The van der Waals surface area contributed by atoms with Crippen molar-refractivity contribution in [2.75, 3.05) is 12.0 Å². The largest absolute Gasteiger partial charge is 0.444 e. The van der Waals surface area contributed by atoms with Crippen molar-refractivity contribution >= 4 is 29.7 Å². The van der Waals surface area contributed by atoms with Gasteiger partial charge < -0.3 is 15.4 Å². The molecule has 8 heteroatoms. The molecular formula is C25H37N3O4S. The first-order chi connectivity index (χ1) is 15.4. The van der Waals surface area contributed by atoms with Crippen molar-refractivity contribution in [3.63, 3.8) is 0 Å². The van der Waals surface area contributed by atoms with Crippen molar-refractivity contribution in [1.29, 1.82) is 0 Å². The highest BCUT2D eigenvalue weighted by atomic mass is 32.2. The van der Waals surface area contributed by atoms with E-state index in [0.29, 0.717) is 17.7 Å². The Morgan fingerprint density at radius 2 is 1.76 bits per heavy atom. The lowest BCUT2D eigenvalue weighted by molar-refractivity contribution is -0.138. The van der Waals surface area contributed by atoms with Crippen LogP contribution in [0.4, 0.5) is 4.79 Å². The number of aryl methyl sites for hydroxylation is 1. The van der Waals surface area contributed by atoms with Crippen LogP contribution in [0.25, 0.3) is 0 Å². The third kappa shape index (κ3) is 9.39. The monoisotopic (exact) mass is 475 g/mol. The fourth-order valence-electron chi connectivity index (χ4n) is 3.09. The number of ether oxygens (including phenoxy) is 1. The van der Waals surface area contributed by atoms with Gasteiger partial charge in [0.1, 0.15) is 17.7 Å². The molecule has 0 aromatic heterocycles. The summed E-state index contributed by atoms with van der Waals surface area (Å²) in [7, 11) is 0. The second-order valence-electron chi connectivity index (χ2n) is 8.98. The van der Waals surface area contributed by atoms with Gasteiger partial charge in [-0.2, -0.15) is 11.8 Å².